The molecule has 1 aromatic rings. The normalized spacial score (nSPS) is 13.8. The number of anilines is 1. The first-order valence-electron chi connectivity index (χ1n) is 6.79. The molecule has 0 saturated heterocycles. The van der Waals surface area contributed by atoms with E-state index in [1.165, 1.54) is 0 Å². The SMILES string of the molecule is Nc1cc(F)cc(C(=O)NCCCC(=O)NC2CC2)c1F. The number of nitrogens with one attached hydrogen (secondary N) is 2. The summed E-state index contributed by atoms with van der Waals surface area (Å²) in [5.74, 6) is -2.53. The predicted molar refractivity (Wildman–Crippen MR) is 73.5 cm³/mol. The average Bonchev–Trinajstić information content (AvgIpc) is 3.22. The van der Waals surface area contributed by atoms with E-state index in [0.717, 1.165) is 25.0 Å². The molecule has 1 fully saturated rings. The average molecular weight is 297 g/mol. The zero-order chi connectivity index (χ0) is 15.4. The van der Waals surface area contributed by atoms with Gasteiger partial charge in [0.05, 0.1) is 11.3 Å². The van der Waals surface area contributed by atoms with Crippen LogP contribution in [-0.4, -0.2) is 24.4 Å². The van der Waals surface area contributed by atoms with Gasteiger partial charge >= 0.3 is 0 Å². The molecule has 21 heavy (non-hydrogen) atoms. The van der Waals surface area contributed by atoms with Crippen molar-refractivity contribution in [2.75, 3.05) is 12.3 Å². The zero-order valence-corrected chi connectivity index (χ0v) is 11.4. The lowest BCUT2D eigenvalue weighted by atomic mass is 10.1. The smallest absolute Gasteiger partial charge is 0.254 e. The second-order valence-corrected chi connectivity index (χ2v) is 5.06. The quantitative estimate of drug-likeness (QED) is 0.547. The van der Waals surface area contributed by atoms with Crippen LogP contribution in [0.5, 0.6) is 0 Å². The van der Waals surface area contributed by atoms with E-state index >= 15 is 0 Å². The van der Waals surface area contributed by atoms with Gasteiger partial charge < -0.3 is 16.4 Å². The Hall–Kier alpha value is -2.18. The van der Waals surface area contributed by atoms with Crippen molar-refractivity contribution >= 4 is 17.5 Å². The second kappa shape index (κ2) is 6.51. The molecule has 0 aromatic heterocycles. The highest BCUT2D eigenvalue weighted by Crippen LogP contribution is 2.19. The Labute approximate surface area is 120 Å². The lowest BCUT2D eigenvalue weighted by Crippen LogP contribution is -2.29. The number of hydrogen-bond acceptors (Lipinski definition) is 3. The number of nitrogen functional groups attached to an aromatic ring is 1. The topological polar surface area (TPSA) is 84.2 Å². The van der Waals surface area contributed by atoms with Crippen LogP contribution in [0.25, 0.3) is 0 Å². The second-order valence-electron chi connectivity index (χ2n) is 5.06. The van der Waals surface area contributed by atoms with Gasteiger partial charge in [-0.05, 0) is 31.4 Å². The Kier molecular flexibility index (Phi) is 4.72. The number of nitrogens with two attached hydrogens (primary N) is 1. The molecule has 0 spiro atoms. The first kappa shape index (κ1) is 15.2. The summed E-state index contributed by atoms with van der Waals surface area (Å²) in [7, 11) is 0. The summed E-state index contributed by atoms with van der Waals surface area (Å²) in [6.07, 6.45) is 2.74. The van der Waals surface area contributed by atoms with Crippen LogP contribution in [0.4, 0.5) is 14.5 Å². The Morgan fingerprint density at radius 3 is 2.67 bits per heavy atom. The van der Waals surface area contributed by atoms with E-state index in [-0.39, 0.29) is 18.9 Å². The largest absolute Gasteiger partial charge is 0.396 e. The maximum Gasteiger partial charge on any atom is 0.254 e. The molecule has 2 rings (SSSR count). The molecule has 1 aromatic carbocycles. The van der Waals surface area contributed by atoms with Crippen molar-refractivity contribution in [3.05, 3.63) is 29.3 Å². The van der Waals surface area contributed by atoms with E-state index in [0.29, 0.717) is 12.5 Å². The number of carbonyl (C=O) groups is 2. The summed E-state index contributed by atoms with van der Waals surface area (Å²) < 4.78 is 26.7. The lowest BCUT2D eigenvalue weighted by molar-refractivity contribution is -0.121. The van der Waals surface area contributed by atoms with E-state index in [1.54, 1.807) is 0 Å². The first-order valence-corrected chi connectivity index (χ1v) is 6.79. The predicted octanol–water partition coefficient (Wildman–Crippen LogP) is 1.34. The van der Waals surface area contributed by atoms with Crippen LogP contribution in [0.1, 0.15) is 36.0 Å². The number of benzene rings is 1. The van der Waals surface area contributed by atoms with Crippen LogP contribution in [0.3, 0.4) is 0 Å². The van der Waals surface area contributed by atoms with Crippen LogP contribution in [0, 0.1) is 11.6 Å². The Balaban J connectivity index is 1.77. The fourth-order valence-corrected chi connectivity index (χ4v) is 1.85. The minimum absolute atomic E-state index is 0.0621. The summed E-state index contributed by atoms with van der Waals surface area (Å²) in [5.41, 5.74) is 4.41. The van der Waals surface area contributed by atoms with Gasteiger partial charge in [0.1, 0.15) is 5.82 Å². The standard InChI is InChI=1S/C14H17F2N3O2/c15-8-6-10(13(16)11(17)7-8)14(21)18-5-1-2-12(20)19-9-3-4-9/h6-7,9H,1-5,17H2,(H,18,21)(H,19,20). The molecule has 0 atom stereocenters. The first-order chi connectivity index (χ1) is 9.97. The highest BCUT2D eigenvalue weighted by atomic mass is 19.1. The molecule has 1 aliphatic rings. The zero-order valence-electron chi connectivity index (χ0n) is 11.4. The van der Waals surface area contributed by atoms with Crippen LogP contribution >= 0.6 is 0 Å². The molecule has 0 unspecified atom stereocenters. The Morgan fingerprint density at radius 1 is 1.29 bits per heavy atom. The van der Waals surface area contributed by atoms with Gasteiger partial charge in [0.25, 0.3) is 5.91 Å². The number of carbonyl (C=O) groups excluding carboxylic acids is 2. The fraction of sp³-hybridized carbons (Fsp3) is 0.429. The van der Waals surface area contributed by atoms with Gasteiger partial charge in [-0.1, -0.05) is 0 Å². The number of amides is 2. The minimum atomic E-state index is -0.944. The van der Waals surface area contributed by atoms with Crippen LogP contribution in [0.15, 0.2) is 12.1 Å². The number of halogens is 2. The fourth-order valence-electron chi connectivity index (χ4n) is 1.85. The Bertz CT molecular complexity index is 559. The van der Waals surface area contributed by atoms with Gasteiger partial charge in [-0.15, -0.1) is 0 Å². The van der Waals surface area contributed by atoms with Crippen molar-refractivity contribution in [1.29, 1.82) is 0 Å². The van der Waals surface area contributed by atoms with Crippen molar-refractivity contribution < 1.29 is 18.4 Å². The van der Waals surface area contributed by atoms with E-state index in [2.05, 4.69) is 10.6 Å². The molecule has 4 N–H and O–H groups in total. The third-order valence-corrected chi connectivity index (χ3v) is 3.12. The summed E-state index contributed by atoms with van der Waals surface area (Å²) in [6, 6.07) is 1.91. The Morgan fingerprint density at radius 2 is 2.00 bits per heavy atom. The van der Waals surface area contributed by atoms with Gasteiger partial charge in [0.15, 0.2) is 5.82 Å². The van der Waals surface area contributed by atoms with Crippen LogP contribution in [-0.2, 0) is 4.79 Å². The number of rotatable bonds is 6. The molecule has 2 amide bonds. The molecule has 7 heteroatoms. The monoisotopic (exact) mass is 297 g/mol. The molecule has 0 radical (unpaired) electrons. The molecule has 1 aliphatic carbocycles. The molecule has 0 bridgehead atoms. The van der Waals surface area contributed by atoms with E-state index in [9.17, 15) is 18.4 Å². The summed E-state index contributed by atoms with van der Waals surface area (Å²) in [6.45, 7) is 0.201. The maximum absolute atomic E-state index is 13.6. The van der Waals surface area contributed by atoms with Gasteiger partial charge in [-0.2, -0.15) is 0 Å². The highest BCUT2D eigenvalue weighted by Gasteiger charge is 2.22. The van der Waals surface area contributed by atoms with Crippen molar-refractivity contribution in [3.63, 3.8) is 0 Å². The molecule has 5 nitrogen and oxygen atoms in total. The van der Waals surface area contributed by atoms with Crippen LogP contribution in [0.2, 0.25) is 0 Å². The van der Waals surface area contributed by atoms with Crippen molar-refractivity contribution in [3.8, 4) is 0 Å². The molecular weight excluding hydrogens is 280 g/mol. The van der Waals surface area contributed by atoms with E-state index < -0.39 is 28.8 Å². The molecule has 114 valence electrons. The summed E-state index contributed by atoms with van der Waals surface area (Å²) >= 11 is 0. The van der Waals surface area contributed by atoms with Crippen molar-refractivity contribution in [1.82, 2.24) is 10.6 Å². The van der Waals surface area contributed by atoms with Crippen molar-refractivity contribution in [2.45, 2.75) is 31.7 Å². The van der Waals surface area contributed by atoms with Gasteiger partial charge in [-0.3, -0.25) is 9.59 Å². The number of hydrogen-bond donors (Lipinski definition) is 3. The van der Waals surface area contributed by atoms with Crippen LogP contribution < -0.4 is 16.4 Å². The third-order valence-electron chi connectivity index (χ3n) is 3.12. The van der Waals surface area contributed by atoms with E-state index in [4.69, 9.17) is 5.73 Å². The molecular formula is C14H17F2N3O2. The summed E-state index contributed by atoms with van der Waals surface area (Å²) in [5, 5.41) is 5.26. The maximum atomic E-state index is 13.6. The highest BCUT2D eigenvalue weighted by molar-refractivity contribution is 5.95. The van der Waals surface area contributed by atoms with Gasteiger partial charge in [0, 0.05) is 19.0 Å². The lowest BCUT2D eigenvalue weighted by Gasteiger charge is -2.08. The molecule has 0 aliphatic heterocycles. The summed E-state index contributed by atoms with van der Waals surface area (Å²) in [4.78, 5) is 23.1. The molecule has 1 saturated carbocycles. The third kappa shape index (κ3) is 4.40. The molecule has 0 heterocycles. The minimum Gasteiger partial charge on any atom is -0.396 e. The van der Waals surface area contributed by atoms with Crippen molar-refractivity contribution in [2.24, 2.45) is 0 Å². The van der Waals surface area contributed by atoms with E-state index in [1.807, 2.05) is 0 Å². The van der Waals surface area contributed by atoms with Gasteiger partial charge in [-0.25, -0.2) is 8.78 Å². The van der Waals surface area contributed by atoms with Gasteiger partial charge in [0.2, 0.25) is 5.91 Å².